The number of aliphatic hydroxyl groups is 1. The molecule has 0 saturated carbocycles. The minimum atomic E-state index is -0.178. The van der Waals surface area contributed by atoms with Crippen molar-refractivity contribution in [2.24, 2.45) is 5.92 Å². The highest BCUT2D eigenvalue weighted by Crippen LogP contribution is 2.31. The normalized spacial score (nSPS) is 11.9. The first-order valence-electron chi connectivity index (χ1n) is 9.28. The molecule has 2 aromatic heterocycles. The molecule has 0 fully saturated rings. The summed E-state index contributed by atoms with van der Waals surface area (Å²) in [5.41, 5.74) is 2.04. The molecule has 3 aromatic rings. The second-order valence-electron chi connectivity index (χ2n) is 6.82. The fourth-order valence-electron chi connectivity index (χ4n) is 2.73. The predicted octanol–water partition coefficient (Wildman–Crippen LogP) is 4.37. The zero-order chi connectivity index (χ0) is 20.8. The van der Waals surface area contributed by atoms with E-state index in [0.29, 0.717) is 39.6 Å². The highest BCUT2D eigenvalue weighted by molar-refractivity contribution is 6.31. The van der Waals surface area contributed by atoms with Crippen molar-refractivity contribution in [3.63, 3.8) is 0 Å². The van der Waals surface area contributed by atoms with Crippen LogP contribution in [0.2, 0.25) is 5.02 Å². The Balaban J connectivity index is 2.01. The molecule has 0 amide bonds. The Kier molecular flexibility index (Phi) is 6.85. The summed E-state index contributed by atoms with van der Waals surface area (Å²) in [4.78, 5) is 13.5. The molecule has 0 aliphatic carbocycles. The summed E-state index contributed by atoms with van der Waals surface area (Å²) in [7, 11) is 1.59. The number of aromatic nitrogens is 3. The fraction of sp³-hybridized carbons (Fsp3) is 0.286. The van der Waals surface area contributed by atoms with Crippen LogP contribution < -0.4 is 15.4 Å². The Bertz CT molecular complexity index is 953. The third-order valence-corrected chi connectivity index (χ3v) is 4.63. The van der Waals surface area contributed by atoms with Gasteiger partial charge in [-0.3, -0.25) is 4.98 Å². The Labute approximate surface area is 175 Å². The largest absolute Gasteiger partial charge is 0.495 e. The maximum Gasteiger partial charge on any atom is 0.225 e. The molecule has 0 spiro atoms. The zero-order valence-corrected chi connectivity index (χ0v) is 17.3. The Hall–Kier alpha value is -2.90. The van der Waals surface area contributed by atoms with Gasteiger partial charge in [-0.05, 0) is 36.2 Å². The van der Waals surface area contributed by atoms with Crippen molar-refractivity contribution in [3.05, 3.63) is 53.7 Å². The van der Waals surface area contributed by atoms with Gasteiger partial charge in [0.25, 0.3) is 0 Å². The van der Waals surface area contributed by atoms with Crippen LogP contribution in [0.1, 0.15) is 13.8 Å². The summed E-state index contributed by atoms with van der Waals surface area (Å²) < 4.78 is 5.41. The standard InChI is InChI=1S/C21H24ClN5O2/c1-13(2)18(12-28)26-21-25-16(15-6-4-5-9-23-15)11-20(27-21)24-17-10-14(22)7-8-19(17)29-3/h4-11,13,18,28H,12H2,1-3H3,(H2,24,25,26,27)/t18-/m0/s1. The minimum Gasteiger partial charge on any atom is -0.495 e. The van der Waals surface area contributed by atoms with E-state index >= 15 is 0 Å². The van der Waals surface area contributed by atoms with Gasteiger partial charge in [0.1, 0.15) is 11.6 Å². The van der Waals surface area contributed by atoms with Crippen LogP contribution in [0.25, 0.3) is 11.4 Å². The first-order chi connectivity index (χ1) is 14.0. The number of benzene rings is 1. The van der Waals surface area contributed by atoms with E-state index in [1.807, 2.05) is 32.0 Å². The number of nitrogens with zero attached hydrogens (tertiary/aromatic N) is 3. The number of hydrogen-bond donors (Lipinski definition) is 3. The van der Waals surface area contributed by atoms with Crippen molar-refractivity contribution in [2.45, 2.75) is 19.9 Å². The SMILES string of the molecule is COc1ccc(Cl)cc1Nc1cc(-c2ccccn2)nc(N[C@@H](CO)C(C)C)n1. The van der Waals surface area contributed by atoms with Crippen molar-refractivity contribution >= 4 is 29.1 Å². The number of halogens is 1. The molecule has 1 aromatic carbocycles. The maximum atomic E-state index is 9.67. The molecular formula is C21H24ClN5O2. The average molecular weight is 414 g/mol. The van der Waals surface area contributed by atoms with E-state index in [0.717, 1.165) is 0 Å². The van der Waals surface area contributed by atoms with Gasteiger partial charge in [-0.1, -0.05) is 31.5 Å². The molecule has 8 heteroatoms. The van der Waals surface area contributed by atoms with Crippen LogP contribution in [0.3, 0.4) is 0 Å². The minimum absolute atomic E-state index is 0.0281. The van der Waals surface area contributed by atoms with E-state index in [1.165, 1.54) is 0 Å². The van der Waals surface area contributed by atoms with Crippen LogP contribution in [0.15, 0.2) is 48.7 Å². The summed E-state index contributed by atoms with van der Waals surface area (Å²) >= 11 is 6.14. The van der Waals surface area contributed by atoms with Crippen LogP contribution in [0.4, 0.5) is 17.5 Å². The molecule has 0 aliphatic rings. The van der Waals surface area contributed by atoms with Crippen LogP contribution in [-0.2, 0) is 0 Å². The van der Waals surface area contributed by atoms with Crippen molar-refractivity contribution < 1.29 is 9.84 Å². The monoisotopic (exact) mass is 413 g/mol. The average Bonchev–Trinajstić information content (AvgIpc) is 2.72. The van der Waals surface area contributed by atoms with Gasteiger partial charge in [-0.25, -0.2) is 4.98 Å². The van der Waals surface area contributed by atoms with E-state index in [1.54, 1.807) is 37.6 Å². The van der Waals surface area contributed by atoms with Crippen molar-refractivity contribution in [2.75, 3.05) is 24.4 Å². The number of methoxy groups -OCH3 is 1. The maximum absolute atomic E-state index is 9.67. The number of ether oxygens (including phenoxy) is 1. The summed E-state index contributed by atoms with van der Waals surface area (Å²) in [5.74, 6) is 1.78. The van der Waals surface area contributed by atoms with E-state index in [4.69, 9.17) is 16.3 Å². The molecule has 2 heterocycles. The predicted molar refractivity (Wildman–Crippen MR) is 116 cm³/mol. The van der Waals surface area contributed by atoms with Crippen molar-refractivity contribution in [3.8, 4) is 17.1 Å². The van der Waals surface area contributed by atoms with E-state index < -0.39 is 0 Å². The van der Waals surface area contributed by atoms with E-state index in [9.17, 15) is 5.11 Å². The lowest BCUT2D eigenvalue weighted by molar-refractivity contribution is 0.248. The molecule has 3 N–H and O–H groups in total. The van der Waals surface area contributed by atoms with E-state index in [2.05, 4.69) is 25.6 Å². The van der Waals surface area contributed by atoms with Crippen LogP contribution >= 0.6 is 11.6 Å². The zero-order valence-electron chi connectivity index (χ0n) is 16.6. The molecule has 0 saturated heterocycles. The van der Waals surface area contributed by atoms with Gasteiger partial charge in [-0.2, -0.15) is 4.98 Å². The fourth-order valence-corrected chi connectivity index (χ4v) is 2.90. The first-order valence-corrected chi connectivity index (χ1v) is 9.66. The molecule has 0 unspecified atom stereocenters. The molecule has 0 bridgehead atoms. The van der Waals surface area contributed by atoms with Gasteiger partial charge in [0.15, 0.2) is 0 Å². The number of rotatable bonds is 8. The second kappa shape index (κ2) is 9.54. The van der Waals surface area contributed by atoms with Gasteiger partial charge < -0.3 is 20.5 Å². The molecule has 152 valence electrons. The van der Waals surface area contributed by atoms with Gasteiger partial charge in [-0.15, -0.1) is 0 Å². The summed E-state index contributed by atoms with van der Waals surface area (Å²) in [6.07, 6.45) is 1.71. The molecular weight excluding hydrogens is 390 g/mol. The molecule has 7 nitrogen and oxygen atoms in total. The third kappa shape index (κ3) is 5.34. The Morgan fingerprint density at radius 3 is 2.59 bits per heavy atom. The second-order valence-corrected chi connectivity index (χ2v) is 7.26. The highest BCUT2D eigenvalue weighted by atomic mass is 35.5. The summed E-state index contributed by atoms with van der Waals surface area (Å²) in [6.45, 7) is 4.01. The number of nitrogens with one attached hydrogen (secondary N) is 2. The first kappa shape index (κ1) is 20.8. The molecule has 0 radical (unpaired) electrons. The van der Waals surface area contributed by atoms with E-state index in [-0.39, 0.29) is 18.6 Å². The van der Waals surface area contributed by atoms with Crippen LogP contribution in [0.5, 0.6) is 5.75 Å². The molecule has 1 atom stereocenters. The van der Waals surface area contributed by atoms with Crippen molar-refractivity contribution in [1.29, 1.82) is 0 Å². The summed E-state index contributed by atoms with van der Waals surface area (Å²) in [6, 6.07) is 12.6. The lowest BCUT2D eigenvalue weighted by Gasteiger charge is -2.21. The molecule has 29 heavy (non-hydrogen) atoms. The lowest BCUT2D eigenvalue weighted by atomic mass is 10.1. The third-order valence-electron chi connectivity index (χ3n) is 4.39. The Morgan fingerprint density at radius 1 is 1.10 bits per heavy atom. The molecule has 0 aliphatic heterocycles. The smallest absolute Gasteiger partial charge is 0.225 e. The topological polar surface area (TPSA) is 92.2 Å². The van der Waals surface area contributed by atoms with Gasteiger partial charge >= 0.3 is 0 Å². The highest BCUT2D eigenvalue weighted by Gasteiger charge is 2.16. The lowest BCUT2D eigenvalue weighted by Crippen LogP contribution is -2.30. The van der Waals surface area contributed by atoms with Gasteiger partial charge in [0.05, 0.1) is 36.8 Å². The number of anilines is 3. The van der Waals surface area contributed by atoms with Crippen molar-refractivity contribution in [1.82, 2.24) is 15.0 Å². The number of hydrogen-bond acceptors (Lipinski definition) is 7. The number of aliphatic hydroxyl groups excluding tert-OH is 1. The van der Waals surface area contributed by atoms with Gasteiger partial charge in [0, 0.05) is 17.3 Å². The van der Waals surface area contributed by atoms with Gasteiger partial charge in [0.2, 0.25) is 5.95 Å². The van der Waals surface area contributed by atoms with Crippen LogP contribution in [0, 0.1) is 5.92 Å². The number of pyridine rings is 1. The Morgan fingerprint density at radius 2 is 1.93 bits per heavy atom. The van der Waals surface area contributed by atoms with Crippen LogP contribution in [-0.4, -0.2) is 39.8 Å². The quantitative estimate of drug-likeness (QED) is 0.504. The molecule has 3 rings (SSSR count). The summed E-state index contributed by atoms with van der Waals surface area (Å²) in [5, 5.41) is 16.7.